The van der Waals surface area contributed by atoms with Gasteiger partial charge in [0.2, 0.25) is 0 Å². The van der Waals surface area contributed by atoms with E-state index in [0.717, 1.165) is 25.0 Å². The average Bonchev–Trinajstić information content (AvgIpc) is 2.76. The Bertz CT molecular complexity index is 871. The van der Waals surface area contributed by atoms with E-state index in [2.05, 4.69) is 6.92 Å². The lowest BCUT2D eigenvalue weighted by atomic mass is 10.0. The number of hydrogen-bond acceptors (Lipinski definition) is 2. The van der Waals surface area contributed by atoms with Crippen molar-refractivity contribution in [1.29, 1.82) is 0 Å². The van der Waals surface area contributed by atoms with E-state index < -0.39 is 17.7 Å². The first kappa shape index (κ1) is 25.5. The number of halogens is 3. The smallest absolute Gasteiger partial charge is 0.416 e. The summed E-state index contributed by atoms with van der Waals surface area (Å²) in [5, 5.41) is 9.51. The number of hydrogen-bond donors (Lipinski definition) is 1. The van der Waals surface area contributed by atoms with Gasteiger partial charge in [0.15, 0.2) is 0 Å². The Kier molecular flexibility index (Phi) is 10.3. The molecule has 0 aromatic heterocycles. The molecule has 32 heavy (non-hydrogen) atoms. The van der Waals surface area contributed by atoms with Crippen LogP contribution in [0.1, 0.15) is 75.0 Å². The monoisotopic (exact) mass is 448 g/mol. The van der Waals surface area contributed by atoms with Crippen LogP contribution in [0.25, 0.3) is 11.6 Å². The Morgan fingerprint density at radius 2 is 1.56 bits per heavy atom. The molecule has 0 spiro atoms. The maximum atomic E-state index is 13.0. The van der Waals surface area contributed by atoms with Crippen LogP contribution >= 0.6 is 0 Å². The Morgan fingerprint density at radius 1 is 0.938 bits per heavy atom. The Hall–Kier alpha value is -2.76. The first-order valence-electron chi connectivity index (χ1n) is 11.2. The highest BCUT2D eigenvalue weighted by Crippen LogP contribution is 2.31. The van der Waals surface area contributed by atoms with Gasteiger partial charge in [-0.05, 0) is 47.9 Å². The van der Waals surface area contributed by atoms with E-state index in [0.29, 0.717) is 17.9 Å². The quantitative estimate of drug-likeness (QED) is 0.193. The number of benzene rings is 2. The van der Waals surface area contributed by atoms with Crippen LogP contribution in [0.5, 0.6) is 5.75 Å². The van der Waals surface area contributed by atoms with E-state index in [-0.39, 0.29) is 11.1 Å². The van der Waals surface area contributed by atoms with E-state index in [1.165, 1.54) is 56.7 Å². The number of aliphatic carboxylic acids is 1. The summed E-state index contributed by atoms with van der Waals surface area (Å²) in [4.78, 5) is 11.7. The fourth-order valence-corrected chi connectivity index (χ4v) is 3.38. The highest BCUT2D eigenvalue weighted by Gasteiger charge is 2.30. The molecule has 3 nitrogen and oxygen atoms in total. The third-order valence-corrected chi connectivity index (χ3v) is 5.19. The number of unbranched alkanes of at least 4 members (excludes halogenated alkanes) is 7. The summed E-state index contributed by atoms with van der Waals surface area (Å²) in [6.07, 6.45) is 6.58. The first-order chi connectivity index (χ1) is 15.3. The maximum Gasteiger partial charge on any atom is 0.416 e. The molecular formula is C26H31F3O3. The van der Waals surface area contributed by atoms with Gasteiger partial charge in [-0.15, -0.1) is 0 Å². The van der Waals surface area contributed by atoms with E-state index in [9.17, 15) is 23.1 Å². The van der Waals surface area contributed by atoms with Crippen LogP contribution in [-0.2, 0) is 11.0 Å². The molecule has 0 atom stereocenters. The molecule has 1 N–H and O–H groups in total. The van der Waals surface area contributed by atoms with Crippen molar-refractivity contribution in [2.45, 2.75) is 64.5 Å². The second-order valence-electron chi connectivity index (χ2n) is 7.83. The molecule has 0 saturated carbocycles. The molecule has 0 radical (unpaired) electrons. The van der Waals surface area contributed by atoms with Crippen molar-refractivity contribution in [2.24, 2.45) is 0 Å². The van der Waals surface area contributed by atoms with E-state index >= 15 is 0 Å². The van der Waals surface area contributed by atoms with Gasteiger partial charge in [-0.3, -0.25) is 0 Å². The van der Waals surface area contributed by atoms with Crippen LogP contribution in [0.2, 0.25) is 0 Å². The Morgan fingerprint density at radius 3 is 2.16 bits per heavy atom. The summed E-state index contributed by atoms with van der Waals surface area (Å²) in [5.74, 6) is -0.611. The Balaban J connectivity index is 1.91. The molecule has 2 aromatic carbocycles. The van der Waals surface area contributed by atoms with Gasteiger partial charge in [0.1, 0.15) is 5.75 Å². The molecule has 2 aromatic rings. The number of carboxylic acid groups (broad SMARTS) is 1. The third kappa shape index (κ3) is 8.77. The minimum absolute atomic E-state index is 0.00217. The predicted molar refractivity (Wildman–Crippen MR) is 121 cm³/mol. The standard InChI is InChI=1S/C26H31F3O3/c1-2-3-4-5-6-7-8-9-17-32-23-15-13-20(14-16-23)18-24(25(30)31)21-11-10-12-22(19-21)26(27,28)29/h10-16,18-19H,2-9,17H2,1H3,(H,30,31)/b24-18+. The fraction of sp³-hybridized carbons (Fsp3) is 0.423. The minimum atomic E-state index is -4.53. The van der Waals surface area contributed by atoms with E-state index in [4.69, 9.17) is 4.74 Å². The number of carbonyl (C=O) groups is 1. The second-order valence-corrected chi connectivity index (χ2v) is 7.83. The highest BCUT2D eigenvalue weighted by molar-refractivity contribution is 6.20. The van der Waals surface area contributed by atoms with Crippen molar-refractivity contribution in [2.75, 3.05) is 6.61 Å². The number of rotatable bonds is 13. The molecule has 174 valence electrons. The van der Waals surface area contributed by atoms with Crippen LogP contribution in [0.4, 0.5) is 13.2 Å². The summed E-state index contributed by atoms with van der Waals surface area (Å²) in [6.45, 7) is 2.83. The minimum Gasteiger partial charge on any atom is -0.494 e. The lowest BCUT2D eigenvalue weighted by molar-refractivity contribution is -0.137. The van der Waals surface area contributed by atoms with Gasteiger partial charge in [-0.1, -0.05) is 76.1 Å². The molecule has 0 saturated heterocycles. The SMILES string of the molecule is CCCCCCCCCCOc1ccc(/C=C(/C(=O)O)c2cccc(C(F)(F)F)c2)cc1. The van der Waals surface area contributed by atoms with E-state index in [1.54, 1.807) is 24.3 Å². The molecule has 6 heteroatoms. The van der Waals surface area contributed by atoms with Crippen molar-refractivity contribution >= 4 is 17.6 Å². The zero-order chi connectivity index (χ0) is 23.4. The summed E-state index contributed by atoms with van der Waals surface area (Å²) >= 11 is 0. The molecule has 0 amide bonds. The Labute approximate surface area is 187 Å². The number of ether oxygens (including phenoxy) is 1. The molecule has 0 fully saturated rings. The zero-order valence-electron chi connectivity index (χ0n) is 18.5. The van der Waals surface area contributed by atoms with Gasteiger partial charge >= 0.3 is 12.1 Å². The third-order valence-electron chi connectivity index (χ3n) is 5.19. The average molecular weight is 449 g/mol. The van der Waals surface area contributed by atoms with Gasteiger partial charge < -0.3 is 9.84 Å². The van der Waals surface area contributed by atoms with Crippen molar-refractivity contribution < 1.29 is 27.8 Å². The number of carboxylic acids is 1. The molecule has 2 rings (SSSR count). The summed E-state index contributed by atoms with van der Waals surface area (Å²) < 4.78 is 44.6. The second kappa shape index (κ2) is 12.9. The molecular weight excluding hydrogens is 417 g/mol. The van der Waals surface area contributed by atoms with Crippen molar-refractivity contribution in [3.8, 4) is 5.75 Å². The van der Waals surface area contributed by atoms with Crippen molar-refractivity contribution in [3.05, 3.63) is 65.2 Å². The van der Waals surface area contributed by atoms with Gasteiger partial charge in [0.05, 0.1) is 17.7 Å². The summed E-state index contributed by atoms with van der Waals surface area (Å²) in [6, 6.07) is 11.2. The lowest BCUT2D eigenvalue weighted by Gasteiger charge is -2.10. The van der Waals surface area contributed by atoms with Crippen molar-refractivity contribution in [3.63, 3.8) is 0 Å². The lowest BCUT2D eigenvalue weighted by Crippen LogP contribution is -2.06. The van der Waals surface area contributed by atoms with E-state index in [1.807, 2.05) is 0 Å². The molecule has 0 heterocycles. The first-order valence-corrected chi connectivity index (χ1v) is 11.2. The van der Waals surface area contributed by atoms with Gasteiger partial charge in [-0.2, -0.15) is 13.2 Å². The normalized spacial score (nSPS) is 12.1. The molecule has 0 unspecified atom stereocenters. The zero-order valence-corrected chi connectivity index (χ0v) is 18.5. The van der Waals surface area contributed by atoms with Crippen molar-refractivity contribution in [1.82, 2.24) is 0 Å². The van der Waals surface area contributed by atoms with Gasteiger partial charge in [0.25, 0.3) is 0 Å². The van der Waals surface area contributed by atoms with Crippen LogP contribution in [0.15, 0.2) is 48.5 Å². The fourth-order valence-electron chi connectivity index (χ4n) is 3.38. The largest absolute Gasteiger partial charge is 0.494 e. The predicted octanol–water partition coefficient (Wildman–Crippen LogP) is 7.85. The van der Waals surface area contributed by atoms with Crippen LogP contribution in [0.3, 0.4) is 0 Å². The van der Waals surface area contributed by atoms with Gasteiger partial charge in [0, 0.05) is 0 Å². The molecule has 0 bridgehead atoms. The molecule has 0 aliphatic rings. The van der Waals surface area contributed by atoms with Gasteiger partial charge in [-0.25, -0.2) is 4.79 Å². The topological polar surface area (TPSA) is 46.5 Å². The van der Waals surface area contributed by atoms with Crippen LogP contribution in [0, 0.1) is 0 Å². The van der Waals surface area contributed by atoms with Crippen LogP contribution in [-0.4, -0.2) is 17.7 Å². The summed E-state index contributed by atoms with van der Waals surface area (Å²) in [7, 11) is 0. The van der Waals surface area contributed by atoms with Crippen LogP contribution < -0.4 is 4.74 Å². The maximum absolute atomic E-state index is 13.0. The summed E-state index contributed by atoms with van der Waals surface area (Å²) in [5.41, 5.74) is -0.517. The molecule has 0 aliphatic carbocycles. The number of alkyl halides is 3. The highest BCUT2D eigenvalue weighted by atomic mass is 19.4. The molecule has 0 aliphatic heterocycles.